The zero-order valence-electron chi connectivity index (χ0n) is 16.7. The molecule has 0 saturated carbocycles. The molecule has 1 aromatic heterocycles. The van der Waals surface area contributed by atoms with Crippen LogP contribution in [0.25, 0.3) is 11.3 Å². The number of nitrogens with one attached hydrogen (secondary N) is 1. The van der Waals surface area contributed by atoms with Crippen LogP contribution in [-0.2, 0) is 11.3 Å². The number of carbonyl (C=O) groups excluding carboxylic acids is 1. The maximum absolute atomic E-state index is 12.3. The van der Waals surface area contributed by atoms with Crippen molar-refractivity contribution in [1.29, 1.82) is 0 Å². The zero-order chi connectivity index (χ0) is 21.5. The number of benzene rings is 2. The standard InChI is InChI=1S/C22H22ClN3O4/c1-29-17-6-3-5-15(13-17)18-9-11-22(28)26(25-18)12-4-7-21(27)24-19-14-16(23)8-10-20(19)30-2/h3,5-6,8-11,13-14H,4,7,12H2,1-2H3,(H,24,27). The van der Waals surface area contributed by atoms with Crippen LogP contribution < -0.4 is 20.3 Å². The average Bonchev–Trinajstić information content (AvgIpc) is 2.75. The predicted molar refractivity (Wildman–Crippen MR) is 116 cm³/mol. The fourth-order valence-electron chi connectivity index (χ4n) is 2.93. The van der Waals surface area contributed by atoms with E-state index in [1.807, 2.05) is 24.3 Å². The van der Waals surface area contributed by atoms with Crippen molar-refractivity contribution in [3.05, 3.63) is 70.0 Å². The van der Waals surface area contributed by atoms with Crippen molar-refractivity contribution in [2.24, 2.45) is 0 Å². The number of methoxy groups -OCH3 is 2. The Kier molecular flexibility index (Phi) is 7.08. The van der Waals surface area contributed by atoms with Crippen LogP contribution in [0.3, 0.4) is 0 Å². The van der Waals surface area contributed by atoms with Crippen molar-refractivity contribution >= 4 is 23.2 Å². The van der Waals surface area contributed by atoms with Crippen molar-refractivity contribution < 1.29 is 14.3 Å². The van der Waals surface area contributed by atoms with E-state index in [9.17, 15) is 9.59 Å². The largest absolute Gasteiger partial charge is 0.497 e. The monoisotopic (exact) mass is 427 g/mol. The molecule has 3 aromatic rings. The van der Waals surface area contributed by atoms with E-state index in [-0.39, 0.29) is 17.9 Å². The number of rotatable bonds is 8. The third kappa shape index (κ3) is 5.39. The number of hydrogen-bond acceptors (Lipinski definition) is 5. The van der Waals surface area contributed by atoms with Gasteiger partial charge >= 0.3 is 0 Å². The van der Waals surface area contributed by atoms with Crippen molar-refractivity contribution in [2.75, 3.05) is 19.5 Å². The molecule has 156 valence electrons. The number of nitrogens with zero attached hydrogens (tertiary/aromatic N) is 2. The lowest BCUT2D eigenvalue weighted by Crippen LogP contribution is -2.23. The van der Waals surface area contributed by atoms with E-state index < -0.39 is 0 Å². The zero-order valence-corrected chi connectivity index (χ0v) is 17.5. The molecule has 1 amide bonds. The Bertz CT molecular complexity index is 1100. The van der Waals surface area contributed by atoms with E-state index >= 15 is 0 Å². The number of aromatic nitrogens is 2. The molecule has 0 saturated heterocycles. The Morgan fingerprint density at radius 1 is 1.10 bits per heavy atom. The number of amides is 1. The van der Waals surface area contributed by atoms with Crippen LogP contribution in [0.1, 0.15) is 12.8 Å². The maximum Gasteiger partial charge on any atom is 0.266 e. The van der Waals surface area contributed by atoms with Gasteiger partial charge in [0.05, 0.1) is 25.6 Å². The summed E-state index contributed by atoms with van der Waals surface area (Å²) in [6.45, 7) is 0.316. The molecule has 0 bridgehead atoms. The van der Waals surface area contributed by atoms with Crippen molar-refractivity contribution in [1.82, 2.24) is 9.78 Å². The van der Waals surface area contributed by atoms with Crippen molar-refractivity contribution in [2.45, 2.75) is 19.4 Å². The van der Waals surface area contributed by atoms with Crippen LogP contribution in [0.2, 0.25) is 5.02 Å². The Morgan fingerprint density at radius 2 is 1.93 bits per heavy atom. The minimum absolute atomic E-state index is 0.201. The fourth-order valence-corrected chi connectivity index (χ4v) is 3.10. The number of hydrogen-bond donors (Lipinski definition) is 1. The number of halogens is 1. The molecule has 0 atom stereocenters. The summed E-state index contributed by atoms with van der Waals surface area (Å²) in [7, 11) is 3.11. The topological polar surface area (TPSA) is 82.5 Å². The molecule has 30 heavy (non-hydrogen) atoms. The summed E-state index contributed by atoms with van der Waals surface area (Å²) in [6, 6.07) is 15.6. The highest BCUT2D eigenvalue weighted by atomic mass is 35.5. The first-order chi connectivity index (χ1) is 14.5. The maximum atomic E-state index is 12.3. The van der Waals surface area contributed by atoms with Gasteiger partial charge in [0.15, 0.2) is 0 Å². The molecule has 0 radical (unpaired) electrons. The van der Waals surface area contributed by atoms with Crippen molar-refractivity contribution in [3.63, 3.8) is 0 Å². The highest BCUT2D eigenvalue weighted by molar-refractivity contribution is 6.31. The van der Waals surface area contributed by atoms with Crippen LogP contribution in [-0.4, -0.2) is 29.9 Å². The Balaban J connectivity index is 1.64. The number of anilines is 1. The third-order valence-electron chi connectivity index (χ3n) is 4.44. The van der Waals surface area contributed by atoms with Crippen LogP contribution >= 0.6 is 11.6 Å². The SMILES string of the molecule is COc1cccc(-c2ccc(=O)n(CCCC(=O)Nc3cc(Cl)ccc3OC)n2)c1. The van der Waals surface area contributed by atoms with Gasteiger partial charge in [0.1, 0.15) is 11.5 Å². The van der Waals surface area contributed by atoms with Crippen LogP contribution in [0.4, 0.5) is 5.69 Å². The van der Waals surface area contributed by atoms with Gasteiger partial charge in [0.25, 0.3) is 5.56 Å². The van der Waals surface area contributed by atoms with Crippen molar-refractivity contribution in [3.8, 4) is 22.8 Å². The normalized spacial score (nSPS) is 10.5. The highest BCUT2D eigenvalue weighted by Gasteiger charge is 2.10. The summed E-state index contributed by atoms with van der Waals surface area (Å²) in [5.74, 6) is 1.03. The summed E-state index contributed by atoms with van der Waals surface area (Å²) < 4.78 is 11.8. The summed E-state index contributed by atoms with van der Waals surface area (Å²) in [6.07, 6.45) is 0.663. The summed E-state index contributed by atoms with van der Waals surface area (Å²) >= 11 is 5.98. The summed E-state index contributed by atoms with van der Waals surface area (Å²) in [5.41, 5.74) is 1.78. The molecule has 7 nitrogen and oxygen atoms in total. The number of carbonyl (C=O) groups is 1. The molecular weight excluding hydrogens is 406 g/mol. The van der Waals surface area contributed by atoms with E-state index in [2.05, 4.69) is 10.4 Å². The molecule has 0 aliphatic heterocycles. The Morgan fingerprint density at radius 3 is 2.70 bits per heavy atom. The molecule has 0 fully saturated rings. The number of ether oxygens (including phenoxy) is 2. The van der Waals surface area contributed by atoms with Gasteiger partial charge in [0, 0.05) is 29.6 Å². The van der Waals surface area contributed by atoms with E-state index in [0.717, 1.165) is 5.56 Å². The van der Waals surface area contributed by atoms with Crippen LogP contribution in [0.5, 0.6) is 11.5 Å². The third-order valence-corrected chi connectivity index (χ3v) is 4.68. The van der Waals surface area contributed by atoms with Gasteiger partial charge in [-0.2, -0.15) is 5.10 Å². The van der Waals surface area contributed by atoms with E-state index in [1.54, 1.807) is 31.4 Å². The van der Waals surface area contributed by atoms with Gasteiger partial charge < -0.3 is 14.8 Å². The molecule has 1 N–H and O–H groups in total. The predicted octanol–water partition coefficient (Wildman–Crippen LogP) is 4.00. The summed E-state index contributed by atoms with van der Waals surface area (Å²) in [5, 5.41) is 7.70. The summed E-state index contributed by atoms with van der Waals surface area (Å²) in [4.78, 5) is 24.5. The highest BCUT2D eigenvalue weighted by Crippen LogP contribution is 2.27. The van der Waals surface area contributed by atoms with Gasteiger partial charge in [-0.15, -0.1) is 0 Å². The van der Waals surface area contributed by atoms with Gasteiger partial charge in [0.2, 0.25) is 5.91 Å². The second kappa shape index (κ2) is 9.93. The first-order valence-electron chi connectivity index (χ1n) is 9.36. The average molecular weight is 428 g/mol. The Labute approximate surface area is 179 Å². The second-order valence-electron chi connectivity index (χ2n) is 6.51. The minimum Gasteiger partial charge on any atom is -0.497 e. The molecule has 0 unspecified atom stereocenters. The quantitative estimate of drug-likeness (QED) is 0.587. The molecule has 0 spiro atoms. The fraction of sp³-hybridized carbons (Fsp3) is 0.227. The first-order valence-corrected chi connectivity index (χ1v) is 9.74. The molecule has 2 aromatic carbocycles. The van der Waals surface area contributed by atoms with Gasteiger partial charge in [-0.25, -0.2) is 4.68 Å². The van der Waals surface area contributed by atoms with E-state index in [4.69, 9.17) is 21.1 Å². The van der Waals surface area contributed by atoms with Gasteiger partial charge in [-0.05, 0) is 42.8 Å². The van der Waals surface area contributed by atoms with E-state index in [1.165, 1.54) is 17.9 Å². The molecule has 0 aliphatic rings. The van der Waals surface area contributed by atoms with Gasteiger partial charge in [-0.3, -0.25) is 9.59 Å². The van der Waals surface area contributed by atoms with Crippen LogP contribution in [0, 0.1) is 0 Å². The minimum atomic E-state index is -0.224. The van der Waals surface area contributed by atoms with Crippen LogP contribution in [0.15, 0.2) is 59.4 Å². The molecular formula is C22H22ClN3O4. The Hall–Kier alpha value is -3.32. The molecule has 1 heterocycles. The van der Waals surface area contributed by atoms with Gasteiger partial charge in [-0.1, -0.05) is 23.7 Å². The molecule has 0 aliphatic carbocycles. The number of aryl methyl sites for hydroxylation is 1. The first kappa shape index (κ1) is 21.4. The molecule has 8 heteroatoms. The lowest BCUT2D eigenvalue weighted by atomic mass is 10.1. The lowest BCUT2D eigenvalue weighted by molar-refractivity contribution is -0.116. The molecule has 3 rings (SSSR count). The lowest BCUT2D eigenvalue weighted by Gasteiger charge is -2.11. The smallest absolute Gasteiger partial charge is 0.266 e. The second-order valence-corrected chi connectivity index (χ2v) is 6.94. The van der Waals surface area contributed by atoms with E-state index in [0.29, 0.717) is 40.9 Å².